The van der Waals surface area contributed by atoms with Crippen LogP contribution in [0.4, 0.5) is 10.1 Å². The molecule has 1 saturated carbocycles. The number of amides is 1. The quantitative estimate of drug-likeness (QED) is 0.780. The van der Waals surface area contributed by atoms with Gasteiger partial charge in [-0.3, -0.25) is 4.79 Å². The Morgan fingerprint density at radius 3 is 2.50 bits per heavy atom. The highest BCUT2D eigenvalue weighted by Gasteiger charge is 2.24. The first kappa shape index (κ1) is 20.5. The van der Waals surface area contributed by atoms with E-state index < -0.39 is 21.7 Å². The van der Waals surface area contributed by atoms with E-state index in [4.69, 9.17) is 0 Å². The molecule has 0 heterocycles. The van der Waals surface area contributed by atoms with E-state index in [0.717, 1.165) is 55.4 Å². The van der Waals surface area contributed by atoms with Crippen molar-refractivity contribution in [2.45, 2.75) is 56.9 Å². The van der Waals surface area contributed by atoms with Crippen molar-refractivity contribution in [2.24, 2.45) is 0 Å². The molecular formula is C21H25FN2O3S. The lowest BCUT2D eigenvalue weighted by Crippen LogP contribution is -2.36. The number of rotatable bonds is 5. The summed E-state index contributed by atoms with van der Waals surface area (Å²) in [5.74, 6) is -1.44. The normalized spacial score (nSPS) is 15.4. The van der Waals surface area contributed by atoms with Crippen molar-refractivity contribution in [1.29, 1.82) is 0 Å². The van der Waals surface area contributed by atoms with Crippen LogP contribution in [0, 0.1) is 19.7 Å². The van der Waals surface area contributed by atoms with E-state index in [-0.39, 0.29) is 16.5 Å². The molecule has 150 valence electrons. The minimum atomic E-state index is -3.82. The summed E-state index contributed by atoms with van der Waals surface area (Å²) >= 11 is 0. The fraction of sp³-hybridized carbons (Fsp3) is 0.381. The van der Waals surface area contributed by atoms with E-state index in [1.165, 1.54) is 6.07 Å². The lowest BCUT2D eigenvalue weighted by Gasteiger charge is -2.22. The average molecular weight is 405 g/mol. The number of hydrogen-bond donors (Lipinski definition) is 2. The van der Waals surface area contributed by atoms with Crippen LogP contribution in [0.2, 0.25) is 0 Å². The van der Waals surface area contributed by atoms with Gasteiger partial charge in [0, 0.05) is 11.7 Å². The molecular weight excluding hydrogens is 379 g/mol. The van der Waals surface area contributed by atoms with Gasteiger partial charge in [0.15, 0.2) is 0 Å². The molecule has 0 spiro atoms. The van der Waals surface area contributed by atoms with E-state index in [9.17, 15) is 17.6 Å². The zero-order valence-electron chi connectivity index (χ0n) is 16.1. The molecule has 1 amide bonds. The average Bonchev–Trinajstić information content (AvgIpc) is 2.66. The monoisotopic (exact) mass is 404 g/mol. The minimum Gasteiger partial charge on any atom is -0.322 e. The Kier molecular flexibility index (Phi) is 6.15. The number of halogens is 1. The highest BCUT2D eigenvalue weighted by atomic mass is 32.2. The van der Waals surface area contributed by atoms with Crippen molar-refractivity contribution in [3.05, 3.63) is 58.9 Å². The number of aryl methyl sites for hydroxylation is 1. The number of sulfonamides is 1. The first-order chi connectivity index (χ1) is 13.3. The fourth-order valence-electron chi connectivity index (χ4n) is 3.43. The van der Waals surface area contributed by atoms with Crippen molar-refractivity contribution in [1.82, 2.24) is 4.72 Å². The lowest BCUT2D eigenvalue weighted by molar-refractivity contribution is 0.102. The van der Waals surface area contributed by atoms with Gasteiger partial charge in [0.2, 0.25) is 10.0 Å². The van der Waals surface area contributed by atoms with Gasteiger partial charge in [0.25, 0.3) is 5.91 Å². The molecule has 1 fully saturated rings. The van der Waals surface area contributed by atoms with E-state index >= 15 is 0 Å². The molecule has 0 radical (unpaired) electrons. The van der Waals surface area contributed by atoms with Gasteiger partial charge in [-0.05, 0) is 62.1 Å². The van der Waals surface area contributed by atoms with Crippen LogP contribution < -0.4 is 10.0 Å². The second kappa shape index (κ2) is 8.41. The van der Waals surface area contributed by atoms with Crippen molar-refractivity contribution in [2.75, 3.05) is 5.32 Å². The van der Waals surface area contributed by atoms with Gasteiger partial charge < -0.3 is 5.32 Å². The molecule has 1 aliphatic rings. The van der Waals surface area contributed by atoms with Gasteiger partial charge >= 0.3 is 0 Å². The number of hydrogen-bond acceptors (Lipinski definition) is 3. The van der Waals surface area contributed by atoms with Gasteiger partial charge in [-0.1, -0.05) is 31.4 Å². The maximum Gasteiger partial charge on any atom is 0.258 e. The predicted octanol–water partition coefficient (Wildman–Crippen LogP) is 4.31. The topological polar surface area (TPSA) is 75.3 Å². The van der Waals surface area contributed by atoms with Crippen LogP contribution in [0.25, 0.3) is 0 Å². The molecule has 0 atom stereocenters. The van der Waals surface area contributed by atoms with Crippen molar-refractivity contribution in [3.63, 3.8) is 0 Å². The fourth-order valence-corrected chi connectivity index (χ4v) is 4.76. The summed E-state index contributed by atoms with van der Waals surface area (Å²) in [7, 11) is -3.82. The van der Waals surface area contributed by atoms with Gasteiger partial charge in [-0.25, -0.2) is 17.5 Å². The van der Waals surface area contributed by atoms with Crippen molar-refractivity contribution < 1.29 is 17.6 Å². The Hall–Kier alpha value is -2.25. The molecule has 3 rings (SSSR count). The molecule has 2 N–H and O–H groups in total. The van der Waals surface area contributed by atoms with Crippen LogP contribution in [-0.2, 0) is 10.0 Å². The smallest absolute Gasteiger partial charge is 0.258 e. The molecule has 0 saturated heterocycles. The van der Waals surface area contributed by atoms with Crippen LogP contribution in [0.1, 0.15) is 53.6 Å². The van der Waals surface area contributed by atoms with Crippen LogP contribution in [0.3, 0.4) is 0 Å². The molecule has 0 aliphatic heterocycles. The third-order valence-corrected chi connectivity index (χ3v) is 6.79. The van der Waals surface area contributed by atoms with Crippen LogP contribution in [0.15, 0.2) is 41.3 Å². The van der Waals surface area contributed by atoms with Gasteiger partial charge in [-0.15, -0.1) is 0 Å². The number of benzene rings is 2. The molecule has 1 aliphatic carbocycles. The summed E-state index contributed by atoms with van der Waals surface area (Å²) in [6.45, 7) is 3.77. The first-order valence-corrected chi connectivity index (χ1v) is 11.0. The minimum absolute atomic E-state index is 0.106. The number of nitrogens with one attached hydrogen (secondary N) is 2. The second-order valence-electron chi connectivity index (χ2n) is 7.30. The molecule has 7 heteroatoms. The van der Waals surface area contributed by atoms with E-state index in [1.807, 2.05) is 19.9 Å². The largest absolute Gasteiger partial charge is 0.322 e. The third-order valence-electron chi connectivity index (χ3n) is 5.27. The molecule has 28 heavy (non-hydrogen) atoms. The number of carbonyl (C=O) groups is 1. The predicted molar refractivity (Wildman–Crippen MR) is 107 cm³/mol. The van der Waals surface area contributed by atoms with E-state index in [2.05, 4.69) is 10.0 Å². The number of anilines is 1. The Balaban J connectivity index is 1.84. The molecule has 5 nitrogen and oxygen atoms in total. The summed E-state index contributed by atoms with van der Waals surface area (Å²) in [5.41, 5.74) is 2.13. The highest BCUT2D eigenvalue weighted by Crippen LogP contribution is 2.23. The third kappa shape index (κ3) is 4.59. The summed E-state index contributed by atoms with van der Waals surface area (Å²) in [4.78, 5) is 12.5. The van der Waals surface area contributed by atoms with E-state index in [1.54, 1.807) is 12.1 Å². The Morgan fingerprint density at radius 1 is 1.07 bits per heavy atom. The molecule has 2 aromatic rings. The van der Waals surface area contributed by atoms with E-state index in [0.29, 0.717) is 5.69 Å². The standard InChI is InChI=1S/C21H25FN2O3S/c1-14-7-6-10-20(15(14)2)23-21(25)18-13-17(11-12-19(18)22)28(26,27)24-16-8-4-3-5-9-16/h6-7,10-13,16,24H,3-5,8-9H2,1-2H3,(H,23,25). The second-order valence-corrected chi connectivity index (χ2v) is 9.01. The Morgan fingerprint density at radius 2 is 1.79 bits per heavy atom. The van der Waals surface area contributed by atoms with Gasteiger partial charge in [-0.2, -0.15) is 0 Å². The van der Waals surface area contributed by atoms with Crippen molar-refractivity contribution >= 4 is 21.6 Å². The Labute approximate surface area is 165 Å². The molecule has 2 aromatic carbocycles. The van der Waals surface area contributed by atoms with Crippen LogP contribution in [0.5, 0.6) is 0 Å². The lowest BCUT2D eigenvalue weighted by atomic mass is 9.96. The summed E-state index contributed by atoms with van der Waals surface area (Å²) < 4.78 is 42.3. The zero-order valence-corrected chi connectivity index (χ0v) is 16.9. The molecule has 0 unspecified atom stereocenters. The molecule has 0 aromatic heterocycles. The first-order valence-electron chi connectivity index (χ1n) is 9.47. The Bertz CT molecular complexity index is 983. The van der Waals surface area contributed by atoms with Crippen molar-refractivity contribution in [3.8, 4) is 0 Å². The highest BCUT2D eigenvalue weighted by molar-refractivity contribution is 7.89. The number of carbonyl (C=O) groups excluding carboxylic acids is 1. The summed E-state index contributed by atoms with van der Waals surface area (Å²) in [5, 5.41) is 2.67. The van der Waals surface area contributed by atoms with Crippen LogP contribution in [-0.4, -0.2) is 20.4 Å². The SMILES string of the molecule is Cc1cccc(NC(=O)c2cc(S(=O)(=O)NC3CCCCC3)ccc2F)c1C. The maximum absolute atomic E-state index is 14.3. The van der Waals surface area contributed by atoms with Crippen LogP contribution >= 0.6 is 0 Å². The van der Waals surface area contributed by atoms with Gasteiger partial charge in [0.05, 0.1) is 10.5 Å². The summed E-state index contributed by atoms with van der Waals surface area (Å²) in [6.07, 6.45) is 4.67. The zero-order chi connectivity index (χ0) is 20.3. The van der Waals surface area contributed by atoms with Gasteiger partial charge in [0.1, 0.15) is 5.82 Å². The molecule has 0 bridgehead atoms. The summed E-state index contributed by atoms with van der Waals surface area (Å²) in [6, 6.07) is 8.63. The maximum atomic E-state index is 14.3.